The molecular weight excluding hydrogens is 432 g/mol. The van der Waals surface area contributed by atoms with Gasteiger partial charge in [0.05, 0.1) is 13.2 Å². The van der Waals surface area contributed by atoms with Gasteiger partial charge in [0.15, 0.2) is 5.96 Å². The summed E-state index contributed by atoms with van der Waals surface area (Å²) in [5, 5.41) is 11.5. The highest BCUT2D eigenvalue weighted by molar-refractivity contribution is 6.05. The number of aliphatic imine (C=N–C) groups is 1. The summed E-state index contributed by atoms with van der Waals surface area (Å²) >= 11 is 0. The van der Waals surface area contributed by atoms with Crippen LogP contribution in [0.4, 0.5) is 0 Å². The Morgan fingerprint density at radius 3 is 2.38 bits per heavy atom. The first-order chi connectivity index (χ1) is 16.4. The van der Waals surface area contributed by atoms with E-state index in [0.717, 1.165) is 16.7 Å². The van der Waals surface area contributed by atoms with Gasteiger partial charge in [0.2, 0.25) is 0 Å². The van der Waals surface area contributed by atoms with E-state index in [4.69, 9.17) is 21.3 Å². The zero-order valence-corrected chi connectivity index (χ0v) is 18.9. The molecule has 34 heavy (non-hydrogen) atoms. The molecule has 0 unspecified atom stereocenters. The molecule has 3 rings (SSSR count). The van der Waals surface area contributed by atoms with Crippen molar-refractivity contribution in [2.24, 2.45) is 16.5 Å². The van der Waals surface area contributed by atoms with Gasteiger partial charge in [-0.3, -0.25) is 14.9 Å². The lowest BCUT2D eigenvalue weighted by atomic mass is 9.99. The van der Waals surface area contributed by atoms with Crippen LogP contribution in [0.15, 0.2) is 77.8 Å². The molecule has 0 aliphatic rings. The molecule has 6 N–H and O–H groups in total. The highest BCUT2D eigenvalue weighted by Gasteiger charge is 2.14. The molecule has 3 aromatic carbocycles. The Hall–Kier alpha value is -4.17. The van der Waals surface area contributed by atoms with Gasteiger partial charge in [-0.2, -0.15) is 0 Å². The number of ether oxygens (including phenoxy) is 1. The number of hydrogen-bond acceptors (Lipinski definition) is 5. The maximum absolute atomic E-state index is 12.6. The van der Waals surface area contributed by atoms with Crippen molar-refractivity contribution in [1.82, 2.24) is 5.32 Å². The molecule has 0 radical (unpaired) electrons. The van der Waals surface area contributed by atoms with Crippen LogP contribution in [0.5, 0.6) is 5.75 Å². The molecule has 0 fully saturated rings. The van der Waals surface area contributed by atoms with E-state index in [1.54, 1.807) is 24.3 Å². The van der Waals surface area contributed by atoms with E-state index < -0.39 is 17.9 Å². The van der Waals surface area contributed by atoms with E-state index in [9.17, 15) is 9.59 Å². The molecule has 0 bridgehead atoms. The number of nitrogens with two attached hydrogens (primary N) is 2. The smallest absolute Gasteiger partial charge is 0.320 e. The zero-order valence-electron chi connectivity index (χ0n) is 18.9. The summed E-state index contributed by atoms with van der Waals surface area (Å²) in [7, 11) is 0. The average Bonchev–Trinajstić information content (AvgIpc) is 2.84. The summed E-state index contributed by atoms with van der Waals surface area (Å²) in [6, 6.07) is 21.2. The van der Waals surface area contributed by atoms with Gasteiger partial charge in [-0.15, -0.1) is 0 Å². The van der Waals surface area contributed by atoms with Gasteiger partial charge in [-0.25, -0.2) is 4.99 Å². The lowest BCUT2D eigenvalue weighted by molar-refractivity contribution is -0.138. The van der Waals surface area contributed by atoms with Gasteiger partial charge in [0.25, 0.3) is 5.91 Å². The Bertz CT molecular complexity index is 1160. The molecule has 3 aromatic rings. The van der Waals surface area contributed by atoms with Crippen molar-refractivity contribution in [1.29, 1.82) is 0 Å². The molecule has 0 saturated heterocycles. The van der Waals surface area contributed by atoms with E-state index in [-0.39, 0.29) is 18.9 Å². The maximum atomic E-state index is 12.6. The number of carbonyl (C=O) groups is 2. The van der Waals surface area contributed by atoms with E-state index in [2.05, 4.69) is 10.3 Å². The number of carboxylic acids is 1. The largest absolute Gasteiger partial charge is 0.494 e. The second-order valence-corrected chi connectivity index (χ2v) is 7.58. The van der Waals surface area contributed by atoms with E-state index in [1.165, 1.54) is 0 Å². The van der Waals surface area contributed by atoms with Crippen molar-refractivity contribution in [2.75, 3.05) is 6.61 Å². The van der Waals surface area contributed by atoms with Crippen molar-refractivity contribution in [3.63, 3.8) is 0 Å². The molecule has 0 spiro atoms. The monoisotopic (exact) mass is 460 g/mol. The summed E-state index contributed by atoms with van der Waals surface area (Å²) in [6.45, 7) is 2.64. The quantitative estimate of drug-likeness (QED) is 0.286. The summed E-state index contributed by atoms with van der Waals surface area (Å²) in [5.41, 5.74) is 15.5. The Morgan fingerprint density at radius 2 is 1.74 bits per heavy atom. The first-order valence-corrected chi connectivity index (χ1v) is 10.9. The third kappa shape index (κ3) is 6.43. The van der Waals surface area contributed by atoms with Crippen LogP contribution in [0.2, 0.25) is 0 Å². The third-order valence-corrected chi connectivity index (χ3v) is 5.16. The number of hydrogen-bond donors (Lipinski definition) is 4. The van der Waals surface area contributed by atoms with Gasteiger partial charge >= 0.3 is 5.97 Å². The van der Waals surface area contributed by atoms with Crippen LogP contribution >= 0.6 is 0 Å². The first kappa shape index (κ1) is 24.5. The number of guanidine groups is 1. The van der Waals surface area contributed by atoms with Crippen LogP contribution in [0, 0.1) is 0 Å². The Morgan fingerprint density at radius 1 is 1.03 bits per heavy atom. The number of carbonyl (C=O) groups excluding carboxylic acids is 1. The zero-order chi connectivity index (χ0) is 24.5. The fourth-order valence-corrected chi connectivity index (χ4v) is 3.43. The van der Waals surface area contributed by atoms with Gasteiger partial charge in [0.1, 0.15) is 11.8 Å². The van der Waals surface area contributed by atoms with Crippen molar-refractivity contribution in [2.45, 2.75) is 25.9 Å². The SMILES string of the molecule is CCOc1cccc(-c2ccccc2)c1CN=C(N)NC(=O)c1ccc(C[C@H](N)C(=O)O)cc1. The predicted octanol–water partition coefficient (Wildman–Crippen LogP) is 2.95. The number of amides is 1. The second kappa shape index (κ2) is 11.6. The molecule has 0 aliphatic heterocycles. The van der Waals surface area contributed by atoms with Crippen LogP contribution in [-0.4, -0.2) is 35.6 Å². The number of nitrogens with one attached hydrogen (secondary N) is 1. The van der Waals surface area contributed by atoms with Crippen LogP contribution in [0.1, 0.15) is 28.4 Å². The predicted molar refractivity (Wildman–Crippen MR) is 132 cm³/mol. The van der Waals surface area contributed by atoms with E-state index in [0.29, 0.717) is 23.5 Å². The van der Waals surface area contributed by atoms with Gasteiger partial charge in [-0.05, 0) is 48.2 Å². The fourth-order valence-electron chi connectivity index (χ4n) is 3.43. The fraction of sp³-hybridized carbons (Fsp3) is 0.192. The van der Waals surface area contributed by atoms with Crippen LogP contribution < -0.4 is 21.5 Å². The standard InChI is InChI=1S/C26H28N4O4/c1-2-34-23-10-6-9-20(18-7-4-3-5-8-18)21(23)16-29-26(28)30-24(31)19-13-11-17(12-14-19)15-22(27)25(32)33/h3-14,22H,2,15-16,27H2,1H3,(H,32,33)(H3,28,29,30,31)/t22-/m0/s1. The molecule has 8 heteroatoms. The first-order valence-electron chi connectivity index (χ1n) is 10.9. The molecule has 0 heterocycles. The second-order valence-electron chi connectivity index (χ2n) is 7.58. The normalized spacial score (nSPS) is 12.1. The Balaban J connectivity index is 1.73. The maximum Gasteiger partial charge on any atom is 0.320 e. The Labute approximate surface area is 198 Å². The number of nitrogens with zero attached hydrogens (tertiary/aromatic N) is 1. The average molecular weight is 461 g/mol. The summed E-state index contributed by atoms with van der Waals surface area (Å²) < 4.78 is 5.79. The number of aliphatic carboxylic acids is 1. The lowest BCUT2D eigenvalue weighted by Crippen LogP contribution is -2.36. The van der Waals surface area contributed by atoms with Crippen molar-refractivity contribution < 1.29 is 19.4 Å². The summed E-state index contributed by atoms with van der Waals surface area (Å²) in [6.07, 6.45) is 0.170. The molecule has 0 saturated carbocycles. The summed E-state index contributed by atoms with van der Waals surface area (Å²) in [5.74, 6) is -0.807. The highest BCUT2D eigenvalue weighted by Crippen LogP contribution is 2.31. The molecule has 0 aromatic heterocycles. The van der Waals surface area contributed by atoms with Gasteiger partial charge in [-0.1, -0.05) is 54.6 Å². The number of benzene rings is 3. The summed E-state index contributed by atoms with van der Waals surface area (Å²) in [4.78, 5) is 27.8. The molecule has 176 valence electrons. The van der Waals surface area contributed by atoms with Crippen molar-refractivity contribution in [3.8, 4) is 16.9 Å². The third-order valence-electron chi connectivity index (χ3n) is 5.16. The Kier molecular flexibility index (Phi) is 8.37. The van der Waals surface area contributed by atoms with Gasteiger partial charge < -0.3 is 21.3 Å². The lowest BCUT2D eigenvalue weighted by Gasteiger charge is -2.14. The minimum absolute atomic E-state index is 0.0210. The van der Waals surface area contributed by atoms with Crippen molar-refractivity contribution in [3.05, 3.63) is 89.5 Å². The van der Waals surface area contributed by atoms with Crippen LogP contribution in [-0.2, 0) is 17.8 Å². The minimum atomic E-state index is -1.08. The molecular formula is C26H28N4O4. The van der Waals surface area contributed by atoms with E-state index in [1.807, 2.05) is 55.5 Å². The molecule has 8 nitrogen and oxygen atoms in total. The topological polar surface area (TPSA) is 140 Å². The van der Waals surface area contributed by atoms with Crippen LogP contribution in [0.25, 0.3) is 11.1 Å². The molecule has 0 aliphatic carbocycles. The molecule has 1 atom stereocenters. The van der Waals surface area contributed by atoms with Crippen LogP contribution in [0.3, 0.4) is 0 Å². The van der Waals surface area contributed by atoms with E-state index >= 15 is 0 Å². The number of rotatable bonds is 9. The highest BCUT2D eigenvalue weighted by atomic mass is 16.5. The van der Waals surface area contributed by atoms with Crippen molar-refractivity contribution >= 4 is 17.8 Å². The molecule has 1 amide bonds. The number of carboxylic acid groups (broad SMARTS) is 1. The minimum Gasteiger partial charge on any atom is -0.494 e. The van der Waals surface area contributed by atoms with Gasteiger partial charge in [0, 0.05) is 11.1 Å².